The van der Waals surface area contributed by atoms with Gasteiger partial charge in [0.1, 0.15) is 5.82 Å². The highest BCUT2D eigenvalue weighted by atomic mass is 32.2. The van der Waals surface area contributed by atoms with Crippen LogP contribution in [0.15, 0.2) is 54.7 Å². The summed E-state index contributed by atoms with van der Waals surface area (Å²) < 4.78 is 33.4. The van der Waals surface area contributed by atoms with Crippen LogP contribution < -0.4 is 9.62 Å². The lowest BCUT2D eigenvalue weighted by molar-refractivity contribution is -0.00624. The van der Waals surface area contributed by atoms with Crippen molar-refractivity contribution in [2.24, 2.45) is 11.8 Å². The summed E-state index contributed by atoms with van der Waals surface area (Å²) in [5, 5.41) is 0. The molecular formula is C25H35N3O3S. The smallest absolute Gasteiger partial charge is 0.208 e. The summed E-state index contributed by atoms with van der Waals surface area (Å²) in [5.41, 5.74) is 1.43. The molecule has 174 valence electrons. The first-order valence-corrected chi connectivity index (χ1v) is 13.6. The van der Waals surface area contributed by atoms with Crippen molar-refractivity contribution in [3.63, 3.8) is 0 Å². The highest BCUT2D eigenvalue weighted by Crippen LogP contribution is 2.35. The highest BCUT2D eigenvalue weighted by molar-refractivity contribution is 7.88. The van der Waals surface area contributed by atoms with E-state index >= 15 is 0 Å². The first kappa shape index (κ1) is 23.2. The highest BCUT2D eigenvalue weighted by Gasteiger charge is 2.37. The number of aromatic nitrogens is 1. The lowest BCUT2D eigenvalue weighted by atomic mass is 9.82. The minimum Gasteiger partial charge on any atom is -0.378 e. The molecule has 1 aliphatic carbocycles. The number of anilines is 1. The van der Waals surface area contributed by atoms with E-state index in [-0.39, 0.29) is 24.0 Å². The Hall–Kier alpha value is -1.96. The van der Waals surface area contributed by atoms with Crippen molar-refractivity contribution < 1.29 is 13.2 Å². The molecule has 4 rings (SSSR count). The van der Waals surface area contributed by atoms with E-state index in [1.165, 1.54) is 11.8 Å². The maximum Gasteiger partial charge on any atom is 0.208 e. The maximum absolute atomic E-state index is 12.0. The zero-order chi connectivity index (χ0) is 22.6. The fourth-order valence-corrected chi connectivity index (χ4v) is 6.21. The molecule has 6 nitrogen and oxygen atoms in total. The van der Waals surface area contributed by atoms with Crippen LogP contribution in [0.25, 0.3) is 0 Å². The van der Waals surface area contributed by atoms with Gasteiger partial charge in [-0.2, -0.15) is 0 Å². The first-order valence-electron chi connectivity index (χ1n) is 11.7. The molecule has 1 aromatic carbocycles. The minimum atomic E-state index is -3.29. The predicted molar refractivity (Wildman–Crippen MR) is 128 cm³/mol. The summed E-state index contributed by atoms with van der Waals surface area (Å²) in [6, 6.07) is 16.5. The third kappa shape index (κ3) is 6.09. The zero-order valence-corrected chi connectivity index (χ0v) is 19.9. The van der Waals surface area contributed by atoms with E-state index in [0.717, 1.165) is 44.6 Å². The quantitative estimate of drug-likeness (QED) is 0.685. The number of benzene rings is 1. The van der Waals surface area contributed by atoms with E-state index in [0.29, 0.717) is 12.5 Å². The number of ether oxygens (including phenoxy) is 1. The Kier molecular flexibility index (Phi) is 7.48. The van der Waals surface area contributed by atoms with Crippen molar-refractivity contribution in [3.05, 3.63) is 60.3 Å². The van der Waals surface area contributed by atoms with Crippen molar-refractivity contribution in [1.29, 1.82) is 0 Å². The molecular weight excluding hydrogens is 422 g/mol. The van der Waals surface area contributed by atoms with E-state index in [1.807, 2.05) is 18.2 Å². The SMILES string of the molecule is C[C@H]1CN(c2ccccn2)CC(COC2CCC(c3ccccc3)CC2)[C@H]1NS(C)(=O)=O. The van der Waals surface area contributed by atoms with Crippen molar-refractivity contribution in [1.82, 2.24) is 9.71 Å². The second-order valence-corrected chi connectivity index (χ2v) is 11.2. The number of sulfonamides is 1. The van der Waals surface area contributed by atoms with Crippen LogP contribution in [-0.4, -0.2) is 51.5 Å². The van der Waals surface area contributed by atoms with Gasteiger partial charge in [-0.1, -0.05) is 43.3 Å². The van der Waals surface area contributed by atoms with Crippen LogP contribution in [0, 0.1) is 11.8 Å². The van der Waals surface area contributed by atoms with Gasteiger partial charge < -0.3 is 9.64 Å². The van der Waals surface area contributed by atoms with Gasteiger partial charge in [0.05, 0.1) is 19.0 Å². The number of pyridine rings is 1. The van der Waals surface area contributed by atoms with Crippen molar-refractivity contribution in [2.45, 2.75) is 50.7 Å². The second kappa shape index (κ2) is 10.3. The number of nitrogens with one attached hydrogen (secondary N) is 1. The van der Waals surface area contributed by atoms with Gasteiger partial charge >= 0.3 is 0 Å². The molecule has 1 saturated carbocycles. The van der Waals surface area contributed by atoms with Crippen molar-refractivity contribution in [3.8, 4) is 0 Å². The van der Waals surface area contributed by atoms with Crippen LogP contribution in [0.1, 0.15) is 44.1 Å². The minimum absolute atomic E-state index is 0.0716. The van der Waals surface area contributed by atoms with Crippen molar-refractivity contribution >= 4 is 15.8 Å². The Balaban J connectivity index is 1.38. The molecule has 1 saturated heterocycles. The van der Waals surface area contributed by atoms with E-state index in [4.69, 9.17) is 4.74 Å². The van der Waals surface area contributed by atoms with Gasteiger partial charge in [-0.3, -0.25) is 0 Å². The van der Waals surface area contributed by atoms with Gasteiger partial charge in [0.15, 0.2) is 0 Å². The van der Waals surface area contributed by atoms with Crippen LogP contribution in [0.3, 0.4) is 0 Å². The number of hydrogen-bond donors (Lipinski definition) is 1. The third-order valence-corrected chi connectivity index (χ3v) is 7.60. The number of piperidine rings is 1. The van der Waals surface area contributed by atoms with Crippen molar-refractivity contribution in [2.75, 3.05) is 30.9 Å². The van der Waals surface area contributed by atoms with Gasteiger partial charge in [0.2, 0.25) is 10.0 Å². The molecule has 1 aromatic heterocycles. The molecule has 1 aliphatic heterocycles. The molecule has 0 bridgehead atoms. The summed E-state index contributed by atoms with van der Waals surface area (Å²) in [5.74, 6) is 1.78. The van der Waals surface area contributed by atoms with Crippen LogP contribution in [-0.2, 0) is 14.8 Å². The molecule has 1 N–H and O–H groups in total. The Morgan fingerprint density at radius 3 is 2.41 bits per heavy atom. The lowest BCUT2D eigenvalue weighted by Gasteiger charge is -2.43. The Labute approximate surface area is 192 Å². The summed E-state index contributed by atoms with van der Waals surface area (Å²) in [6.07, 6.45) is 7.67. The Morgan fingerprint density at radius 2 is 1.75 bits per heavy atom. The Bertz CT molecular complexity index is 947. The Morgan fingerprint density at radius 1 is 1.03 bits per heavy atom. The number of nitrogens with zero attached hydrogens (tertiary/aromatic N) is 2. The first-order chi connectivity index (χ1) is 15.4. The zero-order valence-electron chi connectivity index (χ0n) is 19.1. The maximum atomic E-state index is 12.0. The van der Waals surface area contributed by atoms with Gasteiger partial charge in [0, 0.05) is 31.2 Å². The number of rotatable bonds is 7. The van der Waals surface area contributed by atoms with Crippen LogP contribution >= 0.6 is 0 Å². The molecule has 32 heavy (non-hydrogen) atoms. The summed E-state index contributed by atoms with van der Waals surface area (Å²) in [6.45, 7) is 4.16. The van der Waals surface area contributed by atoms with E-state index in [9.17, 15) is 8.42 Å². The molecule has 2 heterocycles. The number of hydrogen-bond acceptors (Lipinski definition) is 5. The van der Waals surface area contributed by atoms with Gasteiger partial charge in [-0.25, -0.2) is 18.1 Å². The van der Waals surface area contributed by atoms with Gasteiger partial charge in [-0.05, 0) is 55.2 Å². The van der Waals surface area contributed by atoms with Crippen LogP contribution in [0.5, 0.6) is 0 Å². The van der Waals surface area contributed by atoms with E-state index in [1.54, 1.807) is 6.20 Å². The molecule has 0 spiro atoms. The topological polar surface area (TPSA) is 71.5 Å². The lowest BCUT2D eigenvalue weighted by Crippen LogP contribution is -2.57. The molecule has 2 fully saturated rings. The fourth-order valence-electron chi connectivity index (χ4n) is 5.29. The van der Waals surface area contributed by atoms with Crippen LogP contribution in [0.2, 0.25) is 0 Å². The average Bonchev–Trinajstić information content (AvgIpc) is 2.80. The summed E-state index contributed by atoms with van der Waals surface area (Å²) in [7, 11) is -3.29. The molecule has 1 unspecified atom stereocenters. The van der Waals surface area contributed by atoms with E-state index in [2.05, 4.69) is 51.9 Å². The molecule has 0 amide bonds. The van der Waals surface area contributed by atoms with E-state index < -0.39 is 10.0 Å². The molecule has 0 radical (unpaired) electrons. The third-order valence-electron chi connectivity index (χ3n) is 6.90. The summed E-state index contributed by atoms with van der Waals surface area (Å²) >= 11 is 0. The van der Waals surface area contributed by atoms with Gasteiger partial charge in [-0.15, -0.1) is 0 Å². The predicted octanol–water partition coefficient (Wildman–Crippen LogP) is 3.81. The monoisotopic (exact) mass is 457 g/mol. The molecule has 2 aliphatic rings. The largest absolute Gasteiger partial charge is 0.378 e. The average molecular weight is 458 g/mol. The fraction of sp³-hybridized carbons (Fsp3) is 0.560. The molecule has 7 heteroatoms. The second-order valence-electron chi connectivity index (χ2n) is 9.46. The van der Waals surface area contributed by atoms with Gasteiger partial charge in [0.25, 0.3) is 0 Å². The standard InChI is InChI=1S/C25H35N3O3S/c1-19-16-28(24-10-6-7-15-26-24)17-22(25(19)27-32(2,29)30)18-31-23-13-11-21(12-14-23)20-8-4-3-5-9-20/h3-10,15,19,21-23,25,27H,11-14,16-18H2,1-2H3/t19-,21?,22?,23?,25-/m0/s1. The molecule has 3 atom stereocenters. The summed E-state index contributed by atoms with van der Waals surface area (Å²) in [4.78, 5) is 6.76. The molecule has 2 aromatic rings. The van der Waals surface area contributed by atoms with Crippen LogP contribution in [0.4, 0.5) is 5.82 Å². The normalized spacial score (nSPS) is 29.1.